The fourth-order valence-corrected chi connectivity index (χ4v) is 2.68. The van der Waals surface area contributed by atoms with E-state index in [-0.39, 0.29) is 6.04 Å². The summed E-state index contributed by atoms with van der Waals surface area (Å²) in [6.07, 6.45) is 0.927. The van der Waals surface area contributed by atoms with Crippen molar-refractivity contribution in [1.29, 1.82) is 0 Å². The molecule has 90 valence electrons. The van der Waals surface area contributed by atoms with Crippen LogP contribution >= 0.6 is 17.3 Å². The Balaban J connectivity index is 2.77. The number of hydrogen-bond donors (Lipinski definition) is 2. The Hall–Kier alpha value is -0.0400. The number of hydrogen-bond acceptors (Lipinski definition) is 3. The highest BCUT2D eigenvalue weighted by Crippen LogP contribution is 2.24. The van der Waals surface area contributed by atoms with Crippen LogP contribution in [0.15, 0.2) is 24.3 Å². The SMILES string of the molecule is COCC(NPP)c1cccc(CCN)c1. The molecule has 5 heteroatoms. The highest BCUT2D eigenvalue weighted by molar-refractivity contribution is 8.01. The molecule has 0 heterocycles. The maximum absolute atomic E-state index is 5.56. The summed E-state index contributed by atoms with van der Waals surface area (Å²) in [6, 6.07) is 8.79. The topological polar surface area (TPSA) is 47.3 Å². The Morgan fingerprint density at radius 1 is 1.56 bits per heavy atom. The molecule has 0 aliphatic carbocycles. The fourth-order valence-electron chi connectivity index (χ4n) is 1.62. The zero-order valence-corrected chi connectivity index (χ0v) is 11.7. The van der Waals surface area contributed by atoms with E-state index in [4.69, 9.17) is 10.5 Å². The van der Waals surface area contributed by atoms with Crippen LogP contribution in [0.5, 0.6) is 0 Å². The van der Waals surface area contributed by atoms with Crippen molar-refractivity contribution in [3.63, 3.8) is 0 Å². The van der Waals surface area contributed by atoms with Crippen molar-refractivity contribution < 1.29 is 4.74 Å². The Morgan fingerprint density at radius 3 is 3.00 bits per heavy atom. The van der Waals surface area contributed by atoms with Crippen LogP contribution in [-0.4, -0.2) is 20.3 Å². The fraction of sp³-hybridized carbons (Fsp3) is 0.455. The minimum absolute atomic E-state index is 0.263. The molecule has 0 spiro atoms. The lowest BCUT2D eigenvalue weighted by atomic mass is 10.0. The lowest BCUT2D eigenvalue weighted by Crippen LogP contribution is -2.17. The number of ether oxygens (including phenoxy) is 1. The first-order valence-corrected chi connectivity index (χ1v) is 8.11. The second-order valence-corrected chi connectivity index (χ2v) is 5.02. The molecule has 1 aromatic rings. The van der Waals surface area contributed by atoms with Crippen molar-refractivity contribution in [3.05, 3.63) is 35.4 Å². The molecule has 0 bridgehead atoms. The summed E-state index contributed by atoms with van der Waals surface area (Å²) in [5.74, 6) is 0. The number of rotatable bonds is 7. The van der Waals surface area contributed by atoms with Gasteiger partial charge in [-0.15, -0.1) is 0 Å². The van der Waals surface area contributed by atoms with E-state index in [2.05, 4.69) is 38.3 Å². The molecule has 3 atom stereocenters. The van der Waals surface area contributed by atoms with Crippen molar-refractivity contribution in [2.24, 2.45) is 5.73 Å². The standard InChI is InChI=1S/C11H20N2OP2/c1-14-8-11(13-16-15)10-4-2-3-9(7-10)5-6-12/h2-4,7,11,13,16H,5-6,8,12,15H2,1H3. The molecule has 3 nitrogen and oxygen atoms in total. The molecule has 0 amide bonds. The molecular formula is C11H20N2OP2. The van der Waals surface area contributed by atoms with Crippen LogP contribution < -0.4 is 10.8 Å². The number of methoxy groups -OCH3 is 1. The first-order valence-electron chi connectivity index (χ1n) is 5.30. The molecule has 0 aliphatic heterocycles. The number of nitrogens with two attached hydrogens (primary N) is 1. The van der Waals surface area contributed by atoms with Gasteiger partial charge in [0.25, 0.3) is 0 Å². The maximum atomic E-state index is 5.56. The Morgan fingerprint density at radius 2 is 2.38 bits per heavy atom. The van der Waals surface area contributed by atoms with Crippen LogP contribution in [0.1, 0.15) is 17.2 Å². The molecule has 16 heavy (non-hydrogen) atoms. The van der Waals surface area contributed by atoms with Gasteiger partial charge in [0.05, 0.1) is 12.6 Å². The van der Waals surface area contributed by atoms with Gasteiger partial charge in [-0.05, 0) is 32.5 Å². The summed E-state index contributed by atoms with van der Waals surface area (Å²) in [5.41, 5.74) is 8.12. The van der Waals surface area contributed by atoms with Gasteiger partial charge in [0.2, 0.25) is 0 Å². The lowest BCUT2D eigenvalue weighted by Gasteiger charge is -2.17. The first kappa shape index (κ1) is 14.0. The van der Waals surface area contributed by atoms with Crippen molar-refractivity contribution in [2.75, 3.05) is 20.3 Å². The molecule has 3 N–H and O–H groups in total. The summed E-state index contributed by atoms with van der Waals surface area (Å²) in [6.45, 7) is 1.38. The summed E-state index contributed by atoms with van der Waals surface area (Å²) >= 11 is 0. The molecule has 0 aromatic heterocycles. The molecular weight excluding hydrogens is 238 g/mol. The maximum Gasteiger partial charge on any atom is 0.0660 e. The Kier molecular flexibility index (Phi) is 7.11. The van der Waals surface area contributed by atoms with Gasteiger partial charge in [-0.3, -0.25) is 5.09 Å². The molecule has 0 saturated heterocycles. The van der Waals surface area contributed by atoms with Gasteiger partial charge < -0.3 is 10.5 Å². The smallest absolute Gasteiger partial charge is 0.0660 e. The Labute approximate surface area is 101 Å². The third-order valence-electron chi connectivity index (χ3n) is 2.38. The van der Waals surface area contributed by atoms with Crippen LogP contribution in [0.3, 0.4) is 0 Å². The van der Waals surface area contributed by atoms with Crippen molar-refractivity contribution in [2.45, 2.75) is 12.5 Å². The highest BCUT2D eigenvalue weighted by atomic mass is 32.0. The van der Waals surface area contributed by atoms with Gasteiger partial charge in [0.15, 0.2) is 0 Å². The quantitative estimate of drug-likeness (QED) is 0.734. The molecule has 0 aliphatic rings. The van der Waals surface area contributed by atoms with Gasteiger partial charge in [-0.1, -0.05) is 33.2 Å². The molecule has 0 saturated carbocycles. The zero-order chi connectivity index (χ0) is 11.8. The van der Waals surface area contributed by atoms with Gasteiger partial charge in [-0.25, -0.2) is 0 Å². The van der Waals surface area contributed by atoms with Crippen LogP contribution in [0.25, 0.3) is 0 Å². The van der Waals surface area contributed by atoms with E-state index in [0.29, 0.717) is 21.6 Å². The van der Waals surface area contributed by atoms with E-state index in [9.17, 15) is 0 Å². The molecule has 1 rings (SSSR count). The van der Waals surface area contributed by atoms with Gasteiger partial charge in [-0.2, -0.15) is 0 Å². The minimum Gasteiger partial charge on any atom is -0.383 e. The average Bonchev–Trinajstić information content (AvgIpc) is 2.30. The Bertz CT molecular complexity index is 304. The monoisotopic (exact) mass is 258 g/mol. The van der Waals surface area contributed by atoms with E-state index < -0.39 is 0 Å². The van der Waals surface area contributed by atoms with E-state index in [1.54, 1.807) is 7.11 Å². The second kappa shape index (κ2) is 8.11. The molecule has 3 unspecified atom stereocenters. The van der Waals surface area contributed by atoms with Gasteiger partial charge >= 0.3 is 0 Å². The van der Waals surface area contributed by atoms with E-state index >= 15 is 0 Å². The summed E-state index contributed by atoms with van der Waals surface area (Å²) in [4.78, 5) is 0. The third-order valence-corrected chi connectivity index (χ3v) is 3.39. The number of benzene rings is 1. The van der Waals surface area contributed by atoms with Gasteiger partial charge in [0, 0.05) is 7.11 Å². The highest BCUT2D eigenvalue weighted by Gasteiger charge is 2.09. The molecule has 0 radical (unpaired) electrons. The summed E-state index contributed by atoms with van der Waals surface area (Å²) < 4.78 is 5.22. The molecule has 0 fully saturated rings. The summed E-state index contributed by atoms with van der Waals surface area (Å²) in [5, 5.41) is 3.40. The number of nitrogens with one attached hydrogen (secondary N) is 1. The predicted octanol–water partition coefficient (Wildman–Crippen LogP) is 1.85. The van der Waals surface area contributed by atoms with Crippen molar-refractivity contribution in [3.8, 4) is 0 Å². The normalized spacial score (nSPS) is 13.4. The largest absolute Gasteiger partial charge is 0.383 e. The first-order chi connectivity index (χ1) is 7.81. The average molecular weight is 258 g/mol. The third kappa shape index (κ3) is 4.45. The van der Waals surface area contributed by atoms with Crippen LogP contribution in [0, 0.1) is 0 Å². The van der Waals surface area contributed by atoms with E-state index in [0.717, 1.165) is 6.42 Å². The van der Waals surface area contributed by atoms with Crippen LogP contribution in [0.2, 0.25) is 0 Å². The van der Waals surface area contributed by atoms with Crippen LogP contribution in [0.4, 0.5) is 0 Å². The second-order valence-electron chi connectivity index (χ2n) is 3.58. The van der Waals surface area contributed by atoms with Gasteiger partial charge in [0.1, 0.15) is 0 Å². The predicted molar refractivity (Wildman–Crippen MR) is 75.0 cm³/mol. The van der Waals surface area contributed by atoms with E-state index in [1.165, 1.54) is 11.1 Å². The van der Waals surface area contributed by atoms with Crippen molar-refractivity contribution in [1.82, 2.24) is 5.09 Å². The zero-order valence-electron chi connectivity index (χ0n) is 9.57. The van der Waals surface area contributed by atoms with Crippen molar-refractivity contribution >= 4 is 17.3 Å². The lowest BCUT2D eigenvalue weighted by molar-refractivity contribution is 0.176. The minimum atomic E-state index is 0.263. The summed E-state index contributed by atoms with van der Waals surface area (Å²) in [7, 11) is 5.06. The van der Waals surface area contributed by atoms with E-state index in [1.807, 2.05) is 0 Å². The molecule has 1 aromatic carbocycles. The van der Waals surface area contributed by atoms with Crippen LogP contribution in [-0.2, 0) is 11.2 Å².